The van der Waals surface area contributed by atoms with Gasteiger partial charge in [-0.05, 0) is 80.6 Å². The van der Waals surface area contributed by atoms with Gasteiger partial charge in [0.25, 0.3) is 0 Å². The third kappa shape index (κ3) is 4.40. The summed E-state index contributed by atoms with van der Waals surface area (Å²) in [5.41, 5.74) is 8.76. The summed E-state index contributed by atoms with van der Waals surface area (Å²) in [5.74, 6) is 1.26. The monoisotopic (exact) mass is 422 g/mol. The molecule has 0 atom stereocenters. The molecule has 0 fully saturated rings. The van der Waals surface area contributed by atoms with Crippen LogP contribution in [0, 0.1) is 0 Å². The molecule has 2 heteroatoms. The van der Waals surface area contributed by atoms with E-state index in [0.717, 1.165) is 44.5 Å². The summed E-state index contributed by atoms with van der Waals surface area (Å²) in [5, 5.41) is 20.2. The standard InChI is InChI=1S/C30H30O2/c1-19(2)27-17-25(13-15-29(27)31)23-9-5-21(6-10-23)22-7-11-24(12-8-22)26-14-16-30(32)28(18-26)20(3)4/h5-20,31-32H,1-4H3. The highest BCUT2D eigenvalue weighted by Crippen LogP contribution is 2.34. The summed E-state index contributed by atoms with van der Waals surface area (Å²) < 4.78 is 0. The summed E-state index contributed by atoms with van der Waals surface area (Å²) in [7, 11) is 0. The normalized spacial score (nSPS) is 11.3. The first-order valence-electron chi connectivity index (χ1n) is 11.2. The predicted octanol–water partition coefficient (Wildman–Crippen LogP) is 8.35. The maximum Gasteiger partial charge on any atom is 0.119 e. The van der Waals surface area contributed by atoms with Gasteiger partial charge in [-0.15, -0.1) is 0 Å². The van der Waals surface area contributed by atoms with E-state index in [9.17, 15) is 10.2 Å². The Morgan fingerprint density at radius 3 is 0.938 bits per heavy atom. The second-order valence-corrected chi connectivity index (χ2v) is 9.01. The fourth-order valence-electron chi connectivity index (χ4n) is 4.10. The third-order valence-corrected chi connectivity index (χ3v) is 6.07. The molecule has 0 aromatic heterocycles. The molecule has 0 aliphatic rings. The summed E-state index contributed by atoms with van der Waals surface area (Å²) in [6.07, 6.45) is 0. The van der Waals surface area contributed by atoms with E-state index in [0.29, 0.717) is 11.5 Å². The minimum absolute atomic E-state index is 0.276. The SMILES string of the molecule is CC(C)c1cc(-c2ccc(-c3ccc(-c4ccc(O)c(C(C)C)c4)cc3)cc2)ccc1O. The van der Waals surface area contributed by atoms with Crippen LogP contribution in [-0.4, -0.2) is 10.2 Å². The zero-order chi connectivity index (χ0) is 22.8. The van der Waals surface area contributed by atoms with E-state index in [2.05, 4.69) is 88.4 Å². The summed E-state index contributed by atoms with van der Waals surface area (Å²) >= 11 is 0. The van der Waals surface area contributed by atoms with Gasteiger partial charge in [0.1, 0.15) is 11.5 Å². The largest absolute Gasteiger partial charge is 0.508 e. The Balaban J connectivity index is 1.58. The van der Waals surface area contributed by atoms with Crippen LogP contribution in [0.15, 0.2) is 84.9 Å². The molecule has 2 nitrogen and oxygen atoms in total. The topological polar surface area (TPSA) is 40.5 Å². The number of rotatable bonds is 5. The van der Waals surface area contributed by atoms with E-state index in [1.54, 1.807) is 12.1 Å². The lowest BCUT2D eigenvalue weighted by atomic mass is 9.94. The lowest BCUT2D eigenvalue weighted by molar-refractivity contribution is 0.464. The van der Waals surface area contributed by atoms with Gasteiger partial charge >= 0.3 is 0 Å². The molecule has 2 N–H and O–H groups in total. The van der Waals surface area contributed by atoms with Crippen LogP contribution in [-0.2, 0) is 0 Å². The lowest BCUT2D eigenvalue weighted by Gasteiger charge is -2.12. The van der Waals surface area contributed by atoms with Crippen molar-refractivity contribution < 1.29 is 10.2 Å². The van der Waals surface area contributed by atoms with E-state index < -0.39 is 0 Å². The van der Waals surface area contributed by atoms with E-state index >= 15 is 0 Å². The van der Waals surface area contributed by atoms with Crippen molar-refractivity contribution in [2.75, 3.05) is 0 Å². The average molecular weight is 423 g/mol. The first kappa shape index (κ1) is 21.7. The molecule has 32 heavy (non-hydrogen) atoms. The highest BCUT2D eigenvalue weighted by atomic mass is 16.3. The number of phenolic OH excluding ortho intramolecular Hbond substituents is 2. The van der Waals surface area contributed by atoms with Crippen molar-refractivity contribution in [2.45, 2.75) is 39.5 Å². The van der Waals surface area contributed by atoms with Crippen molar-refractivity contribution in [1.82, 2.24) is 0 Å². The smallest absolute Gasteiger partial charge is 0.119 e. The first-order chi connectivity index (χ1) is 15.3. The zero-order valence-electron chi connectivity index (χ0n) is 19.1. The Kier molecular flexibility index (Phi) is 6.05. The Hall–Kier alpha value is -3.52. The summed E-state index contributed by atoms with van der Waals surface area (Å²) in [4.78, 5) is 0. The molecule has 0 spiro atoms. The number of hydrogen-bond acceptors (Lipinski definition) is 2. The fourth-order valence-corrected chi connectivity index (χ4v) is 4.10. The van der Waals surface area contributed by atoms with Crippen LogP contribution in [0.4, 0.5) is 0 Å². The number of benzene rings is 4. The summed E-state index contributed by atoms with van der Waals surface area (Å²) in [6.45, 7) is 8.36. The molecule has 4 aromatic carbocycles. The van der Waals surface area contributed by atoms with E-state index in [1.807, 2.05) is 12.1 Å². The maximum absolute atomic E-state index is 10.1. The van der Waals surface area contributed by atoms with Gasteiger partial charge in [0.2, 0.25) is 0 Å². The minimum Gasteiger partial charge on any atom is -0.508 e. The molecule has 0 amide bonds. The molecular formula is C30H30O2. The molecule has 0 aliphatic heterocycles. The molecule has 0 radical (unpaired) electrons. The van der Waals surface area contributed by atoms with Crippen molar-refractivity contribution in [2.24, 2.45) is 0 Å². The molecule has 0 saturated heterocycles. The Labute approximate surface area is 190 Å². The second-order valence-electron chi connectivity index (χ2n) is 9.01. The average Bonchev–Trinajstić information content (AvgIpc) is 2.79. The van der Waals surface area contributed by atoms with Crippen LogP contribution < -0.4 is 0 Å². The van der Waals surface area contributed by atoms with Crippen LogP contribution in [0.3, 0.4) is 0 Å². The van der Waals surface area contributed by atoms with Gasteiger partial charge in [-0.3, -0.25) is 0 Å². The van der Waals surface area contributed by atoms with Crippen LogP contribution in [0.25, 0.3) is 33.4 Å². The van der Waals surface area contributed by atoms with Crippen molar-refractivity contribution in [3.63, 3.8) is 0 Å². The molecule has 4 aromatic rings. The molecule has 0 bridgehead atoms. The Morgan fingerprint density at radius 1 is 0.406 bits per heavy atom. The van der Waals surface area contributed by atoms with Crippen molar-refractivity contribution in [1.29, 1.82) is 0 Å². The predicted molar refractivity (Wildman–Crippen MR) is 134 cm³/mol. The minimum atomic E-state index is 0.276. The fraction of sp³-hybridized carbons (Fsp3) is 0.200. The Bertz CT molecular complexity index is 1120. The first-order valence-corrected chi connectivity index (χ1v) is 11.2. The van der Waals surface area contributed by atoms with Gasteiger partial charge in [0, 0.05) is 0 Å². The van der Waals surface area contributed by atoms with E-state index in [1.165, 1.54) is 0 Å². The zero-order valence-corrected chi connectivity index (χ0v) is 19.1. The van der Waals surface area contributed by atoms with Crippen LogP contribution in [0.1, 0.15) is 50.7 Å². The highest BCUT2D eigenvalue weighted by Gasteiger charge is 2.10. The van der Waals surface area contributed by atoms with Crippen molar-refractivity contribution in [3.8, 4) is 44.9 Å². The molecule has 0 saturated carbocycles. The Morgan fingerprint density at radius 2 is 0.656 bits per heavy atom. The molecule has 0 heterocycles. The van der Waals surface area contributed by atoms with Crippen LogP contribution >= 0.6 is 0 Å². The highest BCUT2D eigenvalue weighted by molar-refractivity contribution is 5.74. The van der Waals surface area contributed by atoms with Gasteiger partial charge in [-0.2, -0.15) is 0 Å². The number of aromatic hydroxyl groups is 2. The van der Waals surface area contributed by atoms with Gasteiger partial charge < -0.3 is 10.2 Å². The molecular weight excluding hydrogens is 392 g/mol. The second kappa shape index (κ2) is 8.92. The van der Waals surface area contributed by atoms with Gasteiger partial charge in [-0.1, -0.05) is 88.4 Å². The molecule has 162 valence electrons. The van der Waals surface area contributed by atoms with Gasteiger partial charge in [0.15, 0.2) is 0 Å². The number of phenols is 2. The van der Waals surface area contributed by atoms with Gasteiger partial charge in [-0.25, -0.2) is 0 Å². The molecule has 0 aliphatic carbocycles. The molecule has 0 unspecified atom stereocenters. The van der Waals surface area contributed by atoms with E-state index in [4.69, 9.17) is 0 Å². The maximum atomic E-state index is 10.1. The van der Waals surface area contributed by atoms with Crippen LogP contribution in [0.5, 0.6) is 11.5 Å². The lowest BCUT2D eigenvalue weighted by Crippen LogP contribution is -1.90. The van der Waals surface area contributed by atoms with Crippen molar-refractivity contribution >= 4 is 0 Å². The molecule has 4 rings (SSSR count). The van der Waals surface area contributed by atoms with Crippen molar-refractivity contribution in [3.05, 3.63) is 96.1 Å². The number of hydrogen-bond donors (Lipinski definition) is 2. The van der Waals surface area contributed by atoms with E-state index in [-0.39, 0.29) is 11.8 Å². The van der Waals surface area contributed by atoms with Crippen LogP contribution in [0.2, 0.25) is 0 Å². The third-order valence-electron chi connectivity index (χ3n) is 6.07. The van der Waals surface area contributed by atoms with Gasteiger partial charge in [0.05, 0.1) is 0 Å². The quantitative estimate of drug-likeness (QED) is 0.339. The summed E-state index contributed by atoms with van der Waals surface area (Å²) in [6, 6.07) is 28.8.